The molecule has 4 atom stereocenters. The van der Waals surface area contributed by atoms with Gasteiger partial charge in [-0.1, -0.05) is 41.9 Å². The van der Waals surface area contributed by atoms with Gasteiger partial charge >= 0.3 is 0 Å². The van der Waals surface area contributed by atoms with E-state index in [1.807, 2.05) is 24.3 Å². The Kier molecular flexibility index (Phi) is 6.32. The van der Waals surface area contributed by atoms with Crippen molar-refractivity contribution in [2.24, 2.45) is 11.3 Å². The van der Waals surface area contributed by atoms with Gasteiger partial charge in [-0.05, 0) is 35.6 Å². The molecule has 0 saturated carbocycles. The summed E-state index contributed by atoms with van der Waals surface area (Å²) in [7, 11) is 4.89. The molecule has 0 aromatic heterocycles. The number of ether oxygens (including phenoxy) is 3. The molecule has 0 spiro atoms. The molecular weight excluding hydrogens is 510 g/mol. The highest BCUT2D eigenvalue weighted by atomic mass is 79.9. The van der Waals surface area contributed by atoms with Gasteiger partial charge < -0.3 is 19.5 Å². The van der Waals surface area contributed by atoms with Gasteiger partial charge in [0.1, 0.15) is 5.75 Å². The van der Waals surface area contributed by atoms with Crippen LogP contribution in [0.2, 0.25) is 0 Å². The topological polar surface area (TPSA) is 80.9 Å². The van der Waals surface area contributed by atoms with Crippen molar-refractivity contribution in [1.29, 1.82) is 0 Å². The lowest BCUT2D eigenvalue weighted by atomic mass is 9.64. The maximum Gasteiger partial charge on any atom is 0.164 e. The Morgan fingerprint density at radius 1 is 0.914 bits per heavy atom. The fourth-order valence-electron chi connectivity index (χ4n) is 5.92. The molecule has 3 N–H and O–H groups in total. The maximum absolute atomic E-state index is 13.7. The summed E-state index contributed by atoms with van der Waals surface area (Å²) in [6, 6.07) is 12.1. The molecule has 2 aromatic carbocycles. The van der Waals surface area contributed by atoms with E-state index in [2.05, 4.69) is 58.1 Å². The third kappa shape index (κ3) is 4.21. The van der Waals surface area contributed by atoms with E-state index in [0.717, 1.165) is 33.3 Å². The van der Waals surface area contributed by atoms with Crippen molar-refractivity contribution in [2.75, 3.05) is 21.3 Å². The second-order valence-electron chi connectivity index (χ2n) is 10.3. The van der Waals surface area contributed by atoms with Gasteiger partial charge in [0.15, 0.2) is 17.3 Å². The third-order valence-electron chi connectivity index (χ3n) is 7.41. The van der Waals surface area contributed by atoms with Crippen molar-refractivity contribution in [2.45, 2.75) is 44.8 Å². The first-order valence-electron chi connectivity index (χ1n) is 11.9. The molecule has 2 aliphatic heterocycles. The Bertz CT molecular complexity index is 1180. The SMILES string of the molecule is COc1cc(OC)c(C2C3=C(CC(C)(C)CC3=O)NC3NNC(c4ccc(Br)cc4)C32)cc1OC. The molecule has 8 heteroatoms. The number of carbonyl (C=O) groups is 1. The number of hydrogen-bond acceptors (Lipinski definition) is 7. The first kappa shape index (κ1) is 24.2. The number of Topliss-reactive ketones (excluding diaryl/α,β-unsaturated/α-hetero) is 1. The van der Waals surface area contributed by atoms with E-state index in [4.69, 9.17) is 14.2 Å². The third-order valence-corrected chi connectivity index (χ3v) is 7.94. The zero-order chi connectivity index (χ0) is 24.9. The fraction of sp³-hybridized carbons (Fsp3) is 0.444. The highest BCUT2D eigenvalue weighted by molar-refractivity contribution is 9.10. The summed E-state index contributed by atoms with van der Waals surface area (Å²) in [6.07, 6.45) is 1.27. The number of ketones is 1. The normalized spacial score (nSPS) is 27.1. The zero-order valence-corrected chi connectivity index (χ0v) is 22.3. The number of carbonyl (C=O) groups excluding carboxylic acids is 1. The van der Waals surface area contributed by atoms with Crippen molar-refractivity contribution in [3.05, 3.63) is 63.3 Å². The predicted octanol–water partition coefficient (Wildman–Crippen LogP) is 4.60. The smallest absolute Gasteiger partial charge is 0.164 e. The molecule has 35 heavy (non-hydrogen) atoms. The molecule has 186 valence electrons. The van der Waals surface area contributed by atoms with E-state index in [1.54, 1.807) is 21.3 Å². The Balaban J connectivity index is 1.71. The molecule has 1 saturated heterocycles. The number of allylic oxidation sites excluding steroid dienone is 2. The van der Waals surface area contributed by atoms with Gasteiger partial charge in [0, 0.05) is 45.6 Å². The van der Waals surface area contributed by atoms with Crippen LogP contribution in [0.3, 0.4) is 0 Å². The Hall–Kier alpha value is -2.55. The lowest BCUT2D eigenvalue weighted by Gasteiger charge is -2.44. The van der Waals surface area contributed by atoms with Crippen molar-refractivity contribution in [3.63, 3.8) is 0 Å². The van der Waals surface area contributed by atoms with Crippen LogP contribution in [-0.2, 0) is 4.79 Å². The number of rotatable bonds is 5. The van der Waals surface area contributed by atoms with Gasteiger partial charge in [-0.15, -0.1) is 0 Å². The number of benzene rings is 2. The molecule has 2 heterocycles. The van der Waals surface area contributed by atoms with Crippen LogP contribution in [0.4, 0.5) is 0 Å². The van der Waals surface area contributed by atoms with Crippen molar-refractivity contribution in [3.8, 4) is 17.2 Å². The van der Waals surface area contributed by atoms with Crippen LogP contribution in [0, 0.1) is 11.3 Å². The molecular formula is C27H32BrN3O4. The van der Waals surface area contributed by atoms with Crippen LogP contribution >= 0.6 is 15.9 Å². The first-order valence-corrected chi connectivity index (χ1v) is 12.6. The highest BCUT2D eigenvalue weighted by Crippen LogP contribution is 2.54. The minimum atomic E-state index is -0.203. The number of hydrogen-bond donors (Lipinski definition) is 3. The quantitative estimate of drug-likeness (QED) is 0.510. The van der Waals surface area contributed by atoms with Gasteiger partial charge in [0.2, 0.25) is 0 Å². The molecule has 1 fully saturated rings. The highest BCUT2D eigenvalue weighted by Gasteiger charge is 2.52. The van der Waals surface area contributed by atoms with E-state index < -0.39 is 0 Å². The summed E-state index contributed by atoms with van der Waals surface area (Å²) < 4.78 is 18.1. The summed E-state index contributed by atoms with van der Waals surface area (Å²) >= 11 is 3.54. The van der Waals surface area contributed by atoms with Crippen LogP contribution in [0.1, 0.15) is 49.8 Å². The summed E-state index contributed by atoms with van der Waals surface area (Å²) in [5.74, 6) is 1.88. The van der Waals surface area contributed by atoms with Crippen LogP contribution in [0.5, 0.6) is 17.2 Å². The van der Waals surface area contributed by atoms with Crippen LogP contribution in [-0.4, -0.2) is 33.3 Å². The van der Waals surface area contributed by atoms with E-state index in [-0.39, 0.29) is 35.2 Å². The average Bonchev–Trinajstić information content (AvgIpc) is 3.25. The van der Waals surface area contributed by atoms with Crippen LogP contribution < -0.4 is 30.4 Å². The lowest BCUT2D eigenvalue weighted by molar-refractivity contribution is -0.118. The fourth-order valence-corrected chi connectivity index (χ4v) is 6.18. The van der Waals surface area contributed by atoms with Crippen molar-refractivity contribution in [1.82, 2.24) is 16.2 Å². The number of hydrazine groups is 1. The molecule has 3 aliphatic rings. The number of fused-ring (bicyclic) bond motifs is 1. The van der Waals surface area contributed by atoms with Gasteiger partial charge in [-0.2, -0.15) is 0 Å². The van der Waals surface area contributed by atoms with E-state index in [1.165, 1.54) is 0 Å². The van der Waals surface area contributed by atoms with Crippen LogP contribution in [0.25, 0.3) is 0 Å². The minimum absolute atomic E-state index is 0.00656. The summed E-state index contributed by atoms with van der Waals surface area (Å²) in [4.78, 5) is 13.7. The second kappa shape index (κ2) is 9.15. The molecule has 1 aliphatic carbocycles. The van der Waals surface area contributed by atoms with Gasteiger partial charge in [-0.25, -0.2) is 10.9 Å². The van der Waals surface area contributed by atoms with E-state index in [9.17, 15) is 4.79 Å². The Morgan fingerprint density at radius 3 is 2.23 bits per heavy atom. The van der Waals surface area contributed by atoms with Gasteiger partial charge in [-0.3, -0.25) is 4.79 Å². The molecule has 0 bridgehead atoms. The first-order chi connectivity index (χ1) is 16.8. The van der Waals surface area contributed by atoms with E-state index in [0.29, 0.717) is 23.7 Å². The van der Waals surface area contributed by atoms with Gasteiger partial charge in [0.25, 0.3) is 0 Å². The standard InChI is InChI=1S/C27H32BrN3O4/c1-27(2)12-17-23(18(32)13-27)22(16-10-20(34-4)21(35-5)11-19(16)33-3)24-25(30-31-26(24)29-17)14-6-8-15(28)9-7-14/h6-11,22,24-26,29-31H,12-13H2,1-5H3. The summed E-state index contributed by atoms with van der Waals surface area (Å²) in [5.41, 5.74) is 10.8. The molecule has 7 nitrogen and oxygen atoms in total. The molecule has 0 radical (unpaired) electrons. The van der Waals surface area contributed by atoms with Crippen molar-refractivity contribution >= 4 is 21.7 Å². The number of methoxy groups -OCH3 is 3. The lowest BCUT2D eigenvalue weighted by Crippen LogP contribution is -2.51. The molecule has 5 rings (SSSR count). The van der Waals surface area contributed by atoms with E-state index >= 15 is 0 Å². The second-order valence-corrected chi connectivity index (χ2v) is 11.2. The Morgan fingerprint density at radius 2 is 1.57 bits per heavy atom. The maximum atomic E-state index is 13.7. The van der Waals surface area contributed by atoms with Gasteiger partial charge in [0.05, 0.1) is 33.5 Å². The molecule has 4 unspecified atom stereocenters. The summed E-state index contributed by atoms with van der Waals surface area (Å²) in [5, 5.41) is 3.68. The summed E-state index contributed by atoms with van der Waals surface area (Å²) in [6.45, 7) is 4.30. The monoisotopic (exact) mass is 541 g/mol. The largest absolute Gasteiger partial charge is 0.496 e. The number of nitrogens with one attached hydrogen (secondary N) is 3. The predicted molar refractivity (Wildman–Crippen MR) is 137 cm³/mol. The minimum Gasteiger partial charge on any atom is -0.496 e. The zero-order valence-electron chi connectivity index (χ0n) is 20.7. The molecule has 0 amide bonds. The Labute approximate surface area is 214 Å². The van der Waals surface area contributed by atoms with Crippen LogP contribution in [0.15, 0.2) is 52.1 Å². The average molecular weight is 542 g/mol. The molecule has 2 aromatic rings. The number of halogens is 1. The van der Waals surface area contributed by atoms with Crippen molar-refractivity contribution < 1.29 is 19.0 Å².